The maximum absolute atomic E-state index is 5.72. The lowest BCUT2D eigenvalue weighted by Gasteiger charge is -2.04. The van der Waals surface area contributed by atoms with Crippen molar-refractivity contribution in [2.24, 2.45) is 0 Å². The van der Waals surface area contributed by atoms with Gasteiger partial charge in [0.05, 0.1) is 0 Å². The molecule has 2 aromatic rings. The average Bonchev–Trinajstić information content (AvgIpc) is 2.12. The van der Waals surface area contributed by atoms with Gasteiger partial charge in [-0.05, 0) is 24.8 Å². The van der Waals surface area contributed by atoms with Crippen LogP contribution in [-0.2, 0) is 0 Å². The monoisotopic (exact) mass is 172 g/mol. The van der Waals surface area contributed by atoms with Crippen LogP contribution in [0.5, 0.6) is 0 Å². The third kappa shape index (κ3) is 1.24. The van der Waals surface area contributed by atoms with Crippen LogP contribution < -0.4 is 5.73 Å². The van der Waals surface area contributed by atoms with Crippen molar-refractivity contribution in [1.29, 1.82) is 0 Å². The van der Waals surface area contributed by atoms with Crippen LogP contribution in [0.25, 0.3) is 10.8 Å². The van der Waals surface area contributed by atoms with Crippen molar-refractivity contribution in [3.05, 3.63) is 35.5 Å². The molecule has 0 bridgehead atoms. The molecule has 2 N–H and O–H groups in total. The zero-order valence-corrected chi connectivity index (χ0v) is 7.83. The third-order valence-electron chi connectivity index (χ3n) is 2.34. The largest absolute Gasteiger partial charge is 0.383 e. The van der Waals surface area contributed by atoms with Crippen molar-refractivity contribution >= 4 is 16.6 Å². The van der Waals surface area contributed by atoms with Gasteiger partial charge >= 0.3 is 0 Å². The molecule has 0 saturated heterocycles. The molecule has 0 saturated carbocycles. The number of aryl methyl sites for hydroxylation is 2. The highest BCUT2D eigenvalue weighted by molar-refractivity contribution is 5.88. The molecule has 0 atom stereocenters. The van der Waals surface area contributed by atoms with E-state index in [1.165, 1.54) is 10.9 Å². The Morgan fingerprint density at radius 1 is 1.23 bits per heavy atom. The van der Waals surface area contributed by atoms with E-state index in [0.29, 0.717) is 5.82 Å². The van der Waals surface area contributed by atoms with Gasteiger partial charge in [-0.3, -0.25) is 0 Å². The van der Waals surface area contributed by atoms with Gasteiger partial charge in [0, 0.05) is 11.6 Å². The highest BCUT2D eigenvalue weighted by Crippen LogP contribution is 2.21. The summed E-state index contributed by atoms with van der Waals surface area (Å²) >= 11 is 0. The Morgan fingerprint density at radius 2 is 2.00 bits per heavy atom. The minimum atomic E-state index is 0.623. The van der Waals surface area contributed by atoms with Crippen LogP contribution in [0.15, 0.2) is 24.4 Å². The smallest absolute Gasteiger partial charge is 0.126 e. The molecule has 2 nitrogen and oxygen atoms in total. The highest BCUT2D eigenvalue weighted by atomic mass is 14.8. The molecule has 1 aromatic carbocycles. The van der Waals surface area contributed by atoms with Gasteiger partial charge in [-0.2, -0.15) is 0 Å². The second kappa shape index (κ2) is 2.73. The van der Waals surface area contributed by atoms with Gasteiger partial charge in [-0.25, -0.2) is 4.98 Å². The molecule has 0 aliphatic rings. The van der Waals surface area contributed by atoms with Gasteiger partial charge in [-0.1, -0.05) is 23.8 Å². The Morgan fingerprint density at radius 3 is 2.77 bits per heavy atom. The van der Waals surface area contributed by atoms with E-state index in [2.05, 4.69) is 30.1 Å². The summed E-state index contributed by atoms with van der Waals surface area (Å²) in [5, 5.41) is 2.35. The minimum Gasteiger partial charge on any atom is -0.383 e. The number of rotatable bonds is 0. The molecule has 66 valence electrons. The van der Waals surface area contributed by atoms with Crippen molar-refractivity contribution in [1.82, 2.24) is 4.98 Å². The Bertz CT molecular complexity index is 456. The Hall–Kier alpha value is -1.57. The van der Waals surface area contributed by atoms with Gasteiger partial charge in [0.1, 0.15) is 5.82 Å². The van der Waals surface area contributed by atoms with Crippen LogP contribution in [0.1, 0.15) is 11.1 Å². The highest BCUT2D eigenvalue weighted by Gasteiger charge is 2.01. The Kier molecular flexibility index (Phi) is 1.69. The van der Waals surface area contributed by atoms with E-state index < -0.39 is 0 Å². The molecule has 0 spiro atoms. The molecule has 13 heavy (non-hydrogen) atoms. The van der Waals surface area contributed by atoms with Crippen molar-refractivity contribution in [3.63, 3.8) is 0 Å². The van der Waals surface area contributed by atoms with Gasteiger partial charge in [-0.15, -0.1) is 0 Å². The van der Waals surface area contributed by atoms with Crippen LogP contribution in [0.2, 0.25) is 0 Å². The molecule has 1 aromatic heterocycles. The minimum absolute atomic E-state index is 0.623. The van der Waals surface area contributed by atoms with Crippen LogP contribution >= 0.6 is 0 Å². The topological polar surface area (TPSA) is 38.9 Å². The van der Waals surface area contributed by atoms with Gasteiger partial charge in [0.2, 0.25) is 0 Å². The Labute approximate surface area is 77.4 Å². The summed E-state index contributed by atoms with van der Waals surface area (Å²) in [5.74, 6) is 0.623. The van der Waals surface area contributed by atoms with E-state index in [4.69, 9.17) is 5.73 Å². The number of hydrogen-bond donors (Lipinski definition) is 1. The van der Waals surface area contributed by atoms with E-state index in [0.717, 1.165) is 10.9 Å². The fraction of sp³-hybridized carbons (Fsp3) is 0.182. The molecule has 0 aliphatic carbocycles. The van der Waals surface area contributed by atoms with Crippen molar-refractivity contribution < 1.29 is 0 Å². The maximum Gasteiger partial charge on any atom is 0.126 e. The third-order valence-corrected chi connectivity index (χ3v) is 2.34. The summed E-state index contributed by atoms with van der Waals surface area (Å²) in [7, 11) is 0. The number of nitrogens with two attached hydrogens (primary N) is 1. The van der Waals surface area contributed by atoms with E-state index >= 15 is 0 Å². The molecular weight excluding hydrogens is 160 g/mol. The van der Waals surface area contributed by atoms with E-state index in [-0.39, 0.29) is 0 Å². The number of nitrogens with zero attached hydrogens (tertiary/aromatic N) is 1. The summed E-state index contributed by atoms with van der Waals surface area (Å²) in [6, 6.07) is 6.30. The lowest BCUT2D eigenvalue weighted by molar-refractivity contribution is 1.31. The number of fused-ring (bicyclic) bond motifs is 1. The number of hydrogen-bond acceptors (Lipinski definition) is 2. The van der Waals surface area contributed by atoms with E-state index in [1.807, 2.05) is 13.1 Å². The summed E-state index contributed by atoms with van der Waals surface area (Å²) in [6.07, 6.45) is 1.82. The van der Waals surface area contributed by atoms with Crippen molar-refractivity contribution in [3.8, 4) is 0 Å². The zero-order valence-electron chi connectivity index (χ0n) is 7.83. The molecule has 0 unspecified atom stereocenters. The predicted molar refractivity (Wildman–Crippen MR) is 55.6 cm³/mol. The van der Waals surface area contributed by atoms with E-state index in [1.54, 1.807) is 0 Å². The second-order valence-corrected chi connectivity index (χ2v) is 3.36. The number of benzene rings is 1. The fourth-order valence-corrected chi connectivity index (χ4v) is 1.48. The van der Waals surface area contributed by atoms with Gasteiger partial charge < -0.3 is 5.73 Å². The first-order valence-electron chi connectivity index (χ1n) is 4.30. The summed E-state index contributed by atoms with van der Waals surface area (Å²) < 4.78 is 0. The quantitative estimate of drug-likeness (QED) is 0.662. The molecule has 0 amide bonds. The lowest BCUT2D eigenvalue weighted by atomic mass is 10.1. The number of aromatic nitrogens is 1. The van der Waals surface area contributed by atoms with Crippen LogP contribution in [-0.4, -0.2) is 4.98 Å². The number of anilines is 1. The second-order valence-electron chi connectivity index (χ2n) is 3.36. The summed E-state index contributed by atoms with van der Waals surface area (Å²) in [5.41, 5.74) is 8.05. The fourth-order valence-electron chi connectivity index (χ4n) is 1.48. The first-order valence-corrected chi connectivity index (χ1v) is 4.30. The SMILES string of the molecule is Cc1ccc2cnc(N)c(C)c2c1. The normalized spacial score (nSPS) is 10.6. The molecule has 1 heterocycles. The number of nitrogen functional groups attached to an aromatic ring is 1. The zero-order chi connectivity index (χ0) is 9.42. The molecular formula is C11H12N2. The number of pyridine rings is 1. The van der Waals surface area contributed by atoms with Crippen molar-refractivity contribution in [2.75, 3.05) is 5.73 Å². The van der Waals surface area contributed by atoms with Gasteiger partial charge in [0.15, 0.2) is 0 Å². The summed E-state index contributed by atoms with van der Waals surface area (Å²) in [4.78, 5) is 4.11. The molecule has 0 fully saturated rings. The summed E-state index contributed by atoms with van der Waals surface area (Å²) in [6.45, 7) is 4.08. The molecule has 0 aliphatic heterocycles. The Balaban J connectivity index is 2.89. The lowest BCUT2D eigenvalue weighted by Crippen LogP contribution is -1.94. The van der Waals surface area contributed by atoms with E-state index in [9.17, 15) is 0 Å². The molecule has 2 heteroatoms. The predicted octanol–water partition coefficient (Wildman–Crippen LogP) is 2.43. The molecule has 0 radical (unpaired) electrons. The first kappa shape index (κ1) is 8.05. The first-order chi connectivity index (χ1) is 6.18. The maximum atomic E-state index is 5.72. The molecule has 2 rings (SSSR count). The average molecular weight is 172 g/mol. The van der Waals surface area contributed by atoms with Crippen LogP contribution in [0, 0.1) is 13.8 Å². The van der Waals surface area contributed by atoms with Gasteiger partial charge in [0.25, 0.3) is 0 Å². The van der Waals surface area contributed by atoms with Crippen LogP contribution in [0.4, 0.5) is 5.82 Å². The van der Waals surface area contributed by atoms with Crippen LogP contribution in [0.3, 0.4) is 0 Å². The standard InChI is InChI=1S/C11H12N2/c1-7-3-4-9-6-13-11(12)8(2)10(9)5-7/h3-6H,1-2H3,(H2,12,13). The van der Waals surface area contributed by atoms with Crippen molar-refractivity contribution in [2.45, 2.75) is 13.8 Å².